The van der Waals surface area contributed by atoms with Gasteiger partial charge in [-0.2, -0.15) is 11.8 Å². The first-order chi connectivity index (χ1) is 8.79. The quantitative estimate of drug-likeness (QED) is 0.786. The number of carbonyl (C=O) groups is 1. The summed E-state index contributed by atoms with van der Waals surface area (Å²) in [5.74, 6) is 2.99. The van der Waals surface area contributed by atoms with E-state index in [1.165, 1.54) is 11.5 Å². The van der Waals surface area contributed by atoms with Crippen LogP contribution < -0.4 is 10.6 Å². The Morgan fingerprint density at radius 2 is 2.39 bits per heavy atom. The Balaban J connectivity index is 1.86. The molecule has 2 rings (SSSR count). The van der Waals surface area contributed by atoms with Crippen molar-refractivity contribution in [2.24, 2.45) is 0 Å². The van der Waals surface area contributed by atoms with Crippen LogP contribution in [0.3, 0.4) is 0 Å². The summed E-state index contributed by atoms with van der Waals surface area (Å²) in [7, 11) is 0. The van der Waals surface area contributed by atoms with Gasteiger partial charge in [-0.1, -0.05) is 6.92 Å². The van der Waals surface area contributed by atoms with Crippen LogP contribution in [0.2, 0.25) is 0 Å². The van der Waals surface area contributed by atoms with Crippen LogP contribution in [0.25, 0.3) is 0 Å². The lowest BCUT2D eigenvalue weighted by Gasteiger charge is -2.17. The Morgan fingerprint density at radius 1 is 1.50 bits per heavy atom. The molecule has 0 aliphatic carbocycles. The van der Waals surface area contributed by atoms with Crippen LogP contribution in [0.1, 0.15) is 13.3 Å². The highest BCUT2D eigenvalue weighted by Gasteiger charge is 2.15. The second-order valence-corrected chi connectivity index (χ2v) is 6.44. The van der Waals surface area contributed by atoms with E-state index in [1.807, 2.05) is 17.8 Å². The lowest BCUT2D eigenvalue weighted by atomic mass is 10.2. The molecule has 2 N–H and O–H groups in total. The van der Waals surface area contributed by atoms with E-state index in [-0.39, 0.29) is 5.91 Å². The van der Waals surface area contributed by atoms with Gasteiger partial charge in [-0.15, -0.1) is 11.8 Å². The topological polar surface area (TPSA) is 41.1 Å². The van der Waals surface area contributed by atoms with Crippen LogP contribution in [0.4, 0.5) is 11.4 Å². The van der Waals surface area contributed by atoms with Gasteiger partial charge in [0.1, 0.15) is 0 Å². The number of amides is 1. The minimum atomic E-state index is 0.0870. The number of benzene rings is 1. The summed E-state index contributed by atoms with van der Waals surface area (Å²) >= 11 is 3.56. The van der Waals surface area contributed by atoms with Crippen molar-refractivity contribution in [3.8, 4) is 0 Å². The van der Waals surface area contributed by atoms with Crippen molar-refractivity contribution < 1.29 is 4.79 Å². The summed E-state index contributed by atoms with van der Waals surface area (Å²) in [5.41, 5.74) is 2.02. The van der Waals surface area contributed by atoms with Gasteiger partial charge in [0, 0.05) is 17.1 Å². The molecule has 18 heavy (non-hydrogen) atoms. The number of rotatable bonds is 6. The van der Waals surface area contributed by atoms with Crippen LogP contribution in [-0.2, 0) is 4.79 Å². The van der Waals surface area contributed by atoms with E-state index in [1.54, 1.807) is 11.8 Å². The molecule has 0 bridgehead atoms. The zero-order chi connectivity index (χ0) is 12.8. The Hall–Kier alpha value is -0.810. The number of hydrogen-bond donors (Lipinski definition) is 2. The Bertz CT molecular complexity index is 423. The minimum absolute atomic E-state index is 0.0870. The maximum atomic E-state index is 11.3. The molecule has 1 aromatic carbocycles. The lowest BCUT2D eigenvalue weighted by molar-refractivity contribution is -0.113. The van der Waals surface area contributed by atoms with Crippen LogP contribution in [-0.4, -0.2) is 29.7 Å². The second kappa shape index (κ2) is 6.95. The maximum absolute atomic E-state index is 11.3. The molecule has 0 saturated carbocycles. The molecule has 0 fully saturated rings. The van der Waals surface area contributed by atoms with Gasteiger partial charge >= 0.3 is 0 Å². The molecule has 5 heteroatoms. The van der Waals surface area contributed by atoms with Gasteiger partial charge in [-0.3, -0.25) is 4.79 Å². The highest BCUT2D eigenvalue weighted by molar-refractivity contribution is 8.00. The van der Waals surface area contributed by atoms with E-state index < -0.39 is 0 Å². The average molecular weight is 282 g/mol. The summed E-state index contributed by atoms with van der Waals surface area (Å²) in [6.07, 6.45) is 1.16. The third kappa shape index (κ3) is 3.85. The van der Waals surface area contributed by atoms with E-state index in [9.17, 15) is 4.79 Å². The minimum Gasteiger partial charge on any atom is -0.385 e. The van der Waals surface area contributed by atoms with Gasteiger partial charge in [-0.05, 0) is 36.1 Å². The van der Waals surface area contributed by atoms with Crippen molar-refractivity contribution in [2.45, 2.75) is 18.2 Å². The van der Waals surface area contributed by atoms with Crippen LogP contribution >= 0.6 is 23.5 Å². The fraction of sp³-hybridized carbons (Fsp3) is 0.462. The molecule has 0 spiro atoms. The Kier molecular flexibility index (Phi) is 5.26. The summed E-state index contributed by atoms with van der Waals surface area (Å²) in [6, 6.07) is 6.17. The molecular weight excluding hydrogens is 264 g/mol. The first kappa shape index (κ1) is 13.6. The van der Waals surface area contributed by atoms with E-state index >= 15 is 0 Å². The van der Waals surface area contributed by atoms with E-state index in [0.717, 1.165) is 29.2 Å². The van der Waals surface area contributed by atoms with Gasteiger partial charge in [0.2, 0.25) is 5.91 Å². The van der Waals surface area contributed by atoms with E-state index in [0.29, 0.717) is 5.75 Å². The van der Waals surface area contributed by atoms with Crippen LogP contribution in [0, 0.1) is 0 Å². The predicted octanol–water partition coefficient (Wildman–Crippen LogP) is 3.29. The molecule has 1 aromatic rings. The van der Waals surface area contributed by atoms with E-state index in [2.05, 4.69) is 29.7 Å². The first-order valence-corrected chi connectivity index (χ1v) is 8.32. The second-order valence-electron chi connectivity index (χ2n) is 4.03. The van der Waals surface area contributed by atoms with Crippen molar-refractivity contribution >= 4 is 40.8 Å². The van der Waals surface area contributed by atoms with Crippen LogP contribution in [0.5, 0.6) is 0 Å². The van der Waals surface area contributed by atoms with Crippen molar-refractivity contribution in [2.75, 3.05) is 34.4 Å². The monoisotopic (exact) mass is 282 g/mol. The Labute approximate surface area is 116 Å². The highest BCUT2D eigenvalue weighted by atomic mass is 32.2. The van der Waals surface area contributed by atoms with Gasteiger partial charge in [0.15, 0.2) is 0 Å². The summed E-state index contributed by atoms with van der Waals surface area (Å²) in [4.78, 5) is 12.5. The van der Waals surface area contributed by atoms with E-state index in [4.69, 9.17) is 0 Å². The summed E-state index contributed by atoms with van der Waals surface area (Å²) in [6.45, 7) is 3.16. The van der Waals surface area contributed by atoms with Gasteiger partial charge in [-0.25, -0.2) is 0 Å². The molecule has 0 saturated heterocycles. The normalized spacial score (nSPS) is 13.9. The number of carbonyl (C=O) groups excluding carboxylic acids is 1. The SMILES string of the molecule is CCSCCCNc1ccc2c(c1)NC(=O)CS2. The fourth-order valence-corrected chi connectivity index (χ4v) is 3.17. The zero-order valence-corrected chi connectivity index (χ0v) is 12.1. The lowest BCUT2D eigenvalue weighted by Crippen LogP contribution is -2.18. The number of anilines is 2. The molecule has 0 radical (unpaired) electrons. The molecular formula is C13H18N2OS2. The summed E-state index contributed by atoms with van der Waals surface area (Å²) < 4.78 is 0. The molecule has 1 aliphatic rings. The number of hydrogen-bond acceptors (Lipinski definition) is 4. The van der Waals surface area contributed by atoms with Gasteiger partial charge in [0.05, 0.1) is 11.4 Å². The fourth-order valence-electron chi connectivity index (χ4n) is 1.74. The molecule has 1 aliphatic heterocycles. The zero-order valence-electron chi connectivity index (χ0n) is 10.5. The van der Waals surface area contributed by atoms with Crippen LogP contribution in [0.15, 0.2) is 23.1 Å². The van der Waals surface area contributed by atoms with Gasteiger partial charge in [0.25, 0.3) is 0 Å². The summed E-state index contributed by atoms with van der Waals surface area (Å²) in [5, 5.41) is 6.30. The molecule has 1 amide bonds. The Morgan fingerprint density at radius 3 is 3.22 bits per heavy atom. The molecule has 0 atom stereocenters. The maximum Gasteiger partial charge on any atom is 0.234 e. The smallest absolute Gasteiger partial charge is 0.234 e. The van der Waals surface area contributed by atoms with Gasteiger partial charge < -0.3 is 10.6 Å². The largest absolute Gasteiger partial charge is 0.385 e. The molecule has 1 heterocycles. The van der Waals surface area contributed by atoms with Crippen molar-refractivity contribution in [1.82, 2.24) is 0 Å². The third-order valence-electron chi connectivity index (χ3n) is 2.61. The number of nitrogens with one attached hydrogen (secondary N) is 2. The highest BCUT2D eigenvalue weighted by Crippen LogP contribution is 2.33. The predicted molar refractivity (Wildman–Crippen MR) is 81.9 cm³/mol. The number of fused-ring (bicyclic) bond motifs is 1. The third-order valence-corrected chi connectivity index (χ3v) is 4.67. The first-order valence-electron chi connectivity index (χ1n) is 6.18. The molecule has 0 aromatic heterocycles. The van der Waals surface area contributed by atoms with Crippen molar-refractivity contribution in [3.63, 3.8) is 0 Å². The number of thioether (sulfide) groups is 2. The van der Waals surface area contributed by atoms with Crippen molar-refractivity contribution in [3.05, 3.63) is 18.2 Å². The molecule has 3 nitrogen and oxygen atoms in total. The standard InChI is InChI=1S/C13H18N2OS2/c1-2-17-7-3-6-14-10-4-5-12-11(8-10)15-13(16)9-18-12/h4-5,8,14H,2-3,6-7,9H2,1H3,(H,15,16). The average Bonchev–Trinajstić information content (AvgIpc) is 2.38. The molecule has 98 valence electrons. The van der Waals surface area contributed by atoms with Crippen molar-refractivity contribution in [1.29, 1.82) is 0 Å². The molecule has 0 unspecified atom stereocenters.